The lowest BCUT2D eigenvalue weighted by Crippen LogP contribution is -2.56. The van der Waals surface area contributed by atoms with Crippen LogP contribution in [0.15, 0.2) is 70.8 Å². The summed E-state index contributed by atoms with van der Waals surface area (Å²) in [5.41, 5.74) is 7.94. The third kappa shape index (κ3) is 3.94. The van der Waals surface area contributed by atoms with Crippen molar-refractivity contribution in [2.75, 3.05) is 0 Å². The molecule has 2 aliphatic carbocycles. The molecule has 1 nitrogen and oxygen atoms in total. The van der Waals surface area contributed by atoms with Crippen LogP contribution in [0.25, 0.3) is 0 Å². The summed E-state index contributed by atoms with van der Waals surface area (Å²) in [4.78, 5) is 2.76. The molecule has 0 saturated carbocycles. The van der Waals surface area contributed by atoms with Gasteiger partial charge in [-0.1, -0.05) is 80.3 Å². The Morgan fingerprint density at radius 3 is 2.75 bits per heavy atom. The molecule has 1 fully saturated rings. The summed E-state index contributed by atoms with van der Waals surface area (Å²) in [5.74, 6) is 0.490. The minimum absolute atomic E-state index is 0.469. The fourth-order valence-electron chi connectivity index (χ4n) is 5.55. The molecule has 2 heteroatoms. The van der Waals surface area contributed by atoms with Gasteiger partial charge in [0.15, 0.2) is 0 Å². The molecule has 3 rings (SSSR count). The van der Waals surface area contributed by atoms with Gasteiger partial charge in [-0.05, 0) is 69.0 Å². The van der Waals surface area contributed by atoms with Crippen molar-refractivity contribution in [1.82, 2.24) is 4.81 Å². The molecule has 0 aromatic rings. The van der Waals surface area contributed by atoms with Gasteiger partial charge in [0, 0.05) is 6.04 Å². The van der Waals surface area contributed by atoms with Crippen LogP contribution in [0.3, 0.4) is 0 Å². The molecule has 3 aliphatic rings. The Bertz CT molecular complexity index is 746. The number of fused-ring (bicyclic) bond motifs is 1. The zero-order chi connectivity index (χ0) is 20.3. The predicted molar refractivity (Wildman–Crippen MR) is 126 cm³/mol. The Balaban J connectivity index is 1.97. The highest BCUT2D eigenvalue weighted by molar-refractivity contribution is 6.69. The van der Waals surface area contributed by atoms with Crippen molar-refractivity contribution in [3.05, 3.63) is 70.8 Å². The van der Waals surface area contributed by atoms with Gasteiger partial charge in [-0.3, -0.25) is 0 Å². The topological polar surface area (TPSA) is 3.24 Å². The monoisotopic (exact) mass is 375 g/mol. The molecule has 2 unspecified atom stereocenters. The van der Waals surface area contributed by atoms with E-state index in [2.05, 4.69) is 76.4 Å². The molecular formula is C26H38BN. The SMILES string of the molecule is C=CCCCC1=CC(B2C3=CCC(CCC)=C3C(=CC)C(C)N2C(C)C)C=C1. The molecule has 0 radical (unpaired) electrons. The highest BCUT2D eigenvalue weighted by Gasteiger charge is 2.46. The van der Waals surface area contributed by atoms with Crippen molar-refractivity contribution in [1.29, 1.82) is 0 Å². The second-order valence-corrected chi connectivity index (χ2v) is 8.86. The average molecular weight is 375 g/mol. The van der Waals surface area contributed by atoms with Crippen LogP contribution in [0, 0.1) is 0 Å². The summed E-state index contributed by atoms with van der Waals surface area (Å²) in [6, 6.07) is 0.998. The van der Waals surface area contributed by atoms with Gasteiger partial charge in [0.05, 0.1) is 0 Å². The summed E-state index contributed by atoms with van der Waals surface area (Å²) in [7, 11) is 0. The van der Waals surface area contributed by atoms with Crippen LogP contribution in [0.5, 0.6) is 0 Å². The van der Waals surface area contributed by atoms with Crippen LogP contribution in [0.1, 0.15) is 73.1 Å². The van der Waals surface area contributed by atoms with E-state index in [1.54, 1.807) is 22.2 Å². The minimum atomic E-state index is 0.469. The highest BCUT2D eigenvalue weighted by atomic mass is 15.1. The number of hydrogen-bond donors (Lipinski definition) is 0. The molecular weight excluding hydrogens is 337 g/mol. The second kappa shape index (κ2) is 9.31. The van der Waals surface area contributed by atoms with Crippen molar-refractivity contribution in [3.8, 4) is 0 Å². The lowest BCUT2D eigenvalue weighted by Gasteiger charge is -2.47. The second-order valence-electron chi connectivity index (χ2n) is 8.86. The Kier molecular flexibility index (Phi) is 7.04. The molecule has 1 heterocycles. The lowest BCUT2D eigenvalue weighted by atomic mass is 9.40. The molecule has 0 amide bonds. The zero-order valence-corrected chi connectivity index (χ0v) is 18.7. The fraction of sp³-hybridized carbons (Fsp3) is 0.538. The first kappa shape index (κ1) is 21.2. The Labute approximate surface area is 173 Å². The van der Waals surface area contributed by atoms with Gasteiger partial charge in [-0.2, -0.15) is 0 Å². The van der Waals surface area contributed by atoms with E-state index in [0.29, 0.717) is 24.7 Å². The Hall–Kier alpha value is -1.54. The summed E-state index contributed by atoms with van der Waals surface area (Å²) < 4.78 is 0. The molecule has 0 N–H and O–H groups in total. The number of nitrogens with zero attached hydrogens (tertiary/aromatic N) is 1. The number of allylic oxidation sites excluding steroid dienone is 9. The maximum Gasteiger partial charge on any atom is 0.269 e. The molecule has 150 valence electrons. The molecule has 0 aromatic carbocycles. The van der Waals surface area contributed by atoms with E-state index in [-0.39, 0.29) is 0 Å². The van der Waals surface area contributed by atoms with Gasteiger partial charge in [-0.15, -0.1) is 6.58 Å². The molecule has 0 aromatic heterocycles. The van der Waals surface area contributed by atoms with Gasteiger partial charge in [0.1, 0.15) is 0 Å². The summed E-state index contributed by atoms with van der Waals surface area (Å²) >= 11 is 0. The molecule has 28 heavy (non-hydrogen) atoms. The zero-order valence-electron chi connectivity index (χ0n) is 18.7. The molecule has 1 aliphatic heterocycles. The maximum atomic E-state index is 3.86. The Morgan fingerprint density at radius 2 is 2.11 bits per heavy atom. The third-order valence-corrected chi connectivity index (χ3v) is 6.67. The van der Waals surface area contributed by atoms with Gasteiger partial charge in [0.25, 0.3) is 6.85 Å². The summed E-state index contributed by atoms with van der Waals surface area (Å²) in [5, 5.41) is 0. The van der Waals surface area contributed by atoms with E-state index >= 15 is 0 Å². The summed E-state index contributed by atoms with van der Waals surface area (Å²) in [6.07, 6.45) is 21.5. The third-order valence-electron chi connectivity index (χ3n) is 6.67. The molecule has 1 saturated heterocycles. The molecule has 2 atom stereocenters. The van der Waals surface area contributed by atoms with E-state index < -0.39 is 0 Å². The smallest absolute Gasteiger partial charge is 0.269 e. The van der Waals surface area contributed by atoms with Crippen molar-refractivity contribution < 1.29 is 0 Å². The van der Waals surface area contributed by atoms with E-state index in [0.717, 1.165) is 12.8 Å². The number of unbranched alkanes of at least 4 members (excludes halogenated alkanes) is 1. The van der Waals surface area contributed by atoms with E-state index in [9.17, 15) is 0 Å². The van der Waals surface area contributed by atoms with Gasteiger partial charge >= 0.3 is 0 Å². The quantitative estimate of drug-likeness (QED) is 0.246. The van der Waals surface area contributed by atoms with Crippen LogP contribution < -0.4 is 0 Å². The number of rotatable bonds is 8. The first-order valence-electron chi connectivity index (χ1n) is 11.4. The van der Waals surface area contributed by atoms with E-state index in [1.165, 1.54) is 31.3 Å². The van der Waals surface area contributed by atoms with Crippen molar-refractivity contribution in [3.63, 3.8) is 0 Å². The first-order chi connectivity index (χ1) is 13.5. The first-order valence-corrected chi connectivity index (χ1v) is 11.4. The van der Waals surface area contributed by atoms with Crippen molar-refractivity contribution in [2.24, 2.45) is 0 Å². The standard InChI is InChI=1S/C26H38BN/c1-7-10-11-13-21-14-16-23(18-21)27-25-17-15-22(12-8-2)26(25)24(9-3)20(6)28(27)19(4)5/h7,9,14,16-20,23H,1,8,10-13,15H2,2-6H3. The maximum absolute atomic E-state index is 3.86. The Morgan fingerprint density at radius 1 is 1.32 bits per heavy atom. The van der Waals surface area contributed by atoms with Crippen LogP contribution in [-0.2, 0) is 0 Å². The van der Waals surface area contributed by atoms with Gasteiger partial charge in [0.2, 0.25) is 0 Å². The van der Waals surface area contributed by atoms with Crippen LogP contribution in [-0.4, -0.2) is 23.7 Å². The highest BCUT2D eigenvalue weighted by Crippen LogP contribution is 2.47. The van der Waals surface area contributed by atoms with E-state index in [1.807, 2.05) is 6.08 Å². The van der Waals surface area contributed by atoms with E-state index in [4.69, 9.17) is 0 Å². The normalized spacial score (nSPS) is 26.4. The largest absolute Gasteiger partial charge is 0.329 e. The minimum Gasteiger partial charge on any atom is -0.329 e. The average Bonchev–Trinajstić information content (AvgIpc) is 3.29. The number of hydrogen-bond acceptors (Lipinski definition) is 1. The predicted octanol–water partition coefficient (Wildman–Crippen LogP) is 7.23. The van der Waals surface area contributed by atoms with Crippen molar-refractivity contribution >= 4 is 6.85 Å². The fourth-order valence-corrected chi connectivity index (χ4v) is 5.55. The van der Waals surface area contributed by atoms with Crippen molar-refractivity contribution in [2.45, 2.75) is 91.0 Å². The van der Waals surface area contributed by atoms with Crippen LogP contribution in [0.2, 0.25) is 5.82 Å². The lowest BCUT2D eigenvalue weighted by molar-refractivity contribution is 0.311. The molecule has 0 spiro atoms. The van der Waals surface area contributed by atoms with Gasteiger partial charge < -0.3 is 4.81 Å². The van der Waals surface area contributed by atoms with Crippen LogP contribution in [0.4, 0.5) is 0 Å². The van der Waals surface area contributed by atoms with Gasteiger partial charge in [-0.25, -0.2) is 0 Å². The van der Waals surface area contributed by atoms with Crippen LogP contribution >= 0.6 is 0 Å². The summed E-state index contributed by atoms with van der Waals surface area (Å²) in [6.45, 7) is 16.0. The molecule has 0 bridgehead atoms.